The fourth-order valence-corrected chi connectivity index (χ4v) is 3.61. The number of fused-ring (bicyclic) bond motifs is 1. The SMILES string of the molecule is CCn1c(CNc2ccc(Br)cc2Br)nc2ccccc21. The van der Waals surface area contributed by atoms with Crippen LogP contribution in [0.3, 0.4) is 0 Å². The van der Waals surface area contributed by atoms with Gasteiger partial charge in [-0.25, -0.2) is 4.98 Å². The van der Waals surface area contributed by atoms with E-state index in [1.54, 1.807) is 0 Å². The Hall–Kier alpha value is -1.33. The molecule has 21 heavy (non-hydrogen) atoms. The van der Waals surface area contributed by atoms with Crippen LogP contribution in [0.15, 0.2) is 51.4 Å². The summed E-state index contributed by atoms with van der Waals surface area (Å²) in [4.78, 5) is 4.72. The third-order valence-electron chi connectivity index (χ3n) is 3.42. The quantitative estimate of drug-likeness (QED) is 0.643. The van der Waals surface area contributed by atoms with Gasteiger partial charge in [0.05, 0.1) is 17.6 Å². The Labute approximate surface area is 140 Å². The Bertz CT molecular complexity index is 780. The summed E-state index contributed by atoms with van der Waals surface area (Å²) in [6.45, 7) is 3.76. The maximum Gasteiger partial charge on any atom is 0.129 e. The Balaban J connectivity index is 1.88. The molecule has 0 spiro atoms. The average Bonchev–Trinajstić information content (AvgIpc) is 2.83. The molecule has 5 heteroatoms. The Kier molecular flexibility index (Phi) is 4.31. The molecular weight excluding hydrogens is 394 g/mol. The van der Waals surface area contributed by atoms with E-state index in [0.717, 1.165) is 32.5 Å². The number of halogens is 2. The van der Waals surface area contributed by atoms with Crippen molar-refractivity contribution in [3.05, 3.63) is 57.2 Å². The molecule has 0 fully saturated rings. The molecule has 0 saturated heterocycles. The number of benzene rings is 2. The Morgan fingerprint density at radius 3 is 2.71 bits per heavy atom. The summed E-state index contributed by atoms with van der Waals surface area (Å²) in [5.41, 5.74) is 3.30. The van der Waals surface area contributed by atoms with Crippen molar-refractivity contribution in [3.63, 3.8) is 0 Å². The van der Waals surface area contributed by atoms with Crippen molar-refractivity contribution in [3.8, 4) is 0 Å². The van der Waals surface area contributed by atoms with Crippen molar-refractivity contribution >= 4 is 48.6 Å². The number of imidazole rings is 1. The van der Waals surface area contributed by atoms with Crippen LogP contribution >= 0.6 is 31.9 Å². The summed E-state index contributed by atoms with van der Waals surface area (Å²) in [6.07, 6.45) is 0. The van der Waals surface area contributed by atoms with E-state index in [1.165, 1.54) is 5.52 Å². The largest absolute Gasteiger partial charge is 0.377 e. The summed E-state index contributed by atoms with van der Waals surface area (Å²) in [7, 11) is 0. The second kappa shape index (κ2) is 6.20. The highest BCUT2D eigenvalue weighted by atomic mass is 79.9. The standard InChI is InChI=1S/C16H15Br2N3/c1-2-21-15-6-4-3-5-14(15)20-16(21)10-19-13-8-7-11(17)9-12(13)18/h3-9,19H,2,10H2,1H3. The maximum atomic E-state index is 4.72. The van der Waals surface area contributed by atoms with E-state index >= 15 is 0 Å². The summed E-state index contributed by atoms with van der Waals surface area (Å²) < 4.78 is 4.34. The van der Waals surface area contributed by atoms with E-state index < -0.39 is 0 Å². The molecule has 0 saturated carbocycles. The smallest absolute Gasteiger partial charge is 0.129 e. The molecule has 0 unspecified atom stereocenters. The van der Waals surface area contributed by atoms with Crippen molar-refractivity contribution in [2.75, 3.05) is 5.32 Å². The minimum Gasteiger partial charge on any atom is -0.377 e. The van der Waals surface area contributed by atoms with E-state index in [0.29, 0.717) is 6.54 Å². The Morgan fingerprint density at radius 2 is 1.95 bits per heavy atom. The van der Waals surface area contributed by atoms with Crippen LogP contribution in [-0.4, -0.2) is 9.55 Å². The molecule has 0 aliphatic heterocycles. The number of hydrogen-bond acceptors (Lipinski definition) is 2. The third kappa shape index (κ3) is 2.99. The van der Waals surface area contributed by atoms with Gasteiger partial charge in [-0.05, 0) is 53.2 Å². The molecule has 0 aliphatic carbocycles. The number of aromatic nitrogens is 2. The first kappa shape index (κ1) is 14.6. The lowest BCUT2D eigenvalue weighted by Crippen LogP contribution is -2.08. The zero-order valence-electron chi connectivity index (χ0n) is 11.6. The molecule has 0 amide bonds. The molecule has 0 bridgehead atoms. The predicted molar refractivity (Wildman–Crippen MR) is 94.6 cm³/mol. The van der Waals surface area contributed by atoms with Gasteiger partial charge in [-0.3, -0.25) is 0 Å². The van der Waals surface area contributed by atoms with E-state index in [9.17, 15) is 0 Å². The van der Waals surface area contributed by atoms with Crippen LogP contribution in [0.25, 0.3) is 11.0 Å². The van der Waals surface area contributed by atoms with E-state index in [-0.39, 0.29) is 0 Å². The van der Waals surface area contributed by atoms with Crippen LogP contribution in [0.4, 0.5) is 5.69 Å². The minimum atomic E-state index is 0.697. The van der Waals surface area contributed by atoms with Gasteiger partial charge in [-0.15, -0.1) is 0 Å². The number of nitrogens with one attached hydrogen (secondary N) is 1. The number of aryl methyl sites for hydroxylation is 1. The van der Waals surface area contributed by atoms with E-state index in [1.807, 2.05) is 24.3 Å². The molecule has 3 aromatic rings. The second-order valence-corrected chi connectivity index (χ2v) is 6.51. The molecule has 3 rings (SSSR count). The Morgan fingerprint density at radius 1 is 1.14 bits per heavy atom. The van der Waals surface area contributed by atoms with Crippen molar-refractivity contribution in [1.29, 1.82) is 0 Å². The van der Waals surface area contributed by atoms with Gasteiger partial charge in [0.25, 0.3) is 0 Å². The maximum absolute atomic E-state index is 4.72. The molecule has 2 aromatic carbocycles. The monoisotopic (exact) mass is 407 g/mol. The number of nitrogens with zero attached hydrogens (tertiary/aromatic N) is 2. The predicted octanol–water partition coefficient (Wildman–Crippen LogP) is 5.19. The van der Waals surface area contributed by atoms with Gasteiger partial charge in [0.15, 0.2) is 0 Å². The summed E-state index contributed by atoms with van der Waals surface area (Å²) in [5.74, 6) is 1.05. The molecular formula is C16H15Br2N3. The molecule has 108 valence electrons. The van der Waals surface area contributed by atoms with Crippen LogP contribution in [-0.2, 0) is 13.1 Å². The molecule has 1 aromatic heterocycles. The molecule has 1 heterocycles. The van der Waals surface area contributed by atoms with Crippen LogP contribution in [0, 0.1) is 0 Å². The lowest BCUT2D eigenvalue weighted by molar-refractivity contribution is 0.729. The highest BCUT2D eigenvalue weighted by Crippen LogP contribution is 2.27. The van der Waals surface area contributed by atoms with Crippen LogP contribution in [0.5, 0.6) is 0 Å². The lowest BCUT2D eigenvalue weighted by Gasteiger charge is -2.10. The zero-order chi connectivity index (χ0) is 14.8. The number of anilines is 1. The average molecular weight is 409 g/mol. The first-order valence-electron chi connectivity index (χ1n) is 6.82. The highest BCUT2D eigenvalue weighted by molar-refractivity contribution is 9.11. The number of para-hydroxylation sites is 2. The number of rotatable bonds is 4. The van der Waals surface area contributed by atoms with Gasteiger partial charge in [-0.1, -0.05) is 28.1 Å². The van der Waals surface area contributed by atoms with E-state index in [2.05, 4.69) is 66.9 Å². The van der Waals surface area contributed by atoms with Crippen LogP contribution < -0.4 is 5.32 Å². The molecule has 0 radical (unpaired) electrons. The van der Waals surface area contributed by atoms with Gasteiger partial charge >= 0.3 is 0 Å². The number of hydrogen-bond donors (Lipinski definition) is 1. The summed E-state index contributed by atoms with van der Waals surface area (Å²) in [6, 6.07) is 14.4. The van der Waals surface area contributed by atoms with Gasteiger partial charge in [0.2, 0.25) is 0 Å². The fraction of sp³-hybridized carbons (Fsp3) is 0.188. The van der Waals surface area contributed by atoms with Crippen LogP contribution in [0.2, 0.25) is 0 Å². The van der Waals surface area contributed by atoms with Crippen molar-refractivity contribution in [2.45, 2.75) is 20.0 Å². The van der Waals surface area contributed by atoms with Crippen molar-refractivity contribution in [2.24, 2.45) is 0 Å². The lowest BCUT2D eigenvalue weighted by atomic mass is 10.3. The topological polar surface area (TPSA) is 29.9 Å². The molecule has 3 nitrogen and oxygen atoms in total. The van der Waals surface area contributed by atoms with Crippen LogP contribution in [0.1, 0.15) is 12.7 Å². The van der Waals surface area contributed by atoms with Gasteiger partial charge in [-0.2, -0.15) is 0 Å². The zero-order valence-corrected chi connectivity index (χ0v) is 14.8. The van der Waals surface area contributed by atoms with E-state index in [4.69, 9.17) is 4.98 Å². The minimum absolute atomic E-state index is 0.697. The first-order chi connectivity index (χ1) is 10.2. The highest BCUT2D eigenvalue weighted by Gasteiger charge is 2.09. The third-order valence-corrected chi connectivity index (χ3v) is 4.57. The summed E-state index contributed by atoms with van der Waals surface area (Å²) >= 11 is 7.04. The summed E-state index contributed by atoms with van der Waals surface area (Å²) in [5, 5.41) is 3.44. The second-order valence-electron chi connectivity index (χ2n) is 4.74. The van der Waals surface area contributed by atoms with Gasteiger partial charge in [0, 0.05) is 21.2 Å². The van der Waals surface area contributed by atoms with Gasteiger partial charge in [0.1, 0.15) is 5.82 Å². The van der Waals surface area contributed by atoms with Crippen molar-refractivity contribution in [1.82, 2.24) is 9.55 Å². The van der Waals surface area contributed by atoms with Gasteiger partial charge < -0.3 is 9.88 Å². The normalized spacial score (nSPS) is 11.0. The first-order valence-corrected chi connectivity index (χ1v) is 8.40. The molecule has 1 N–H and O–H groups in total. The molecule has 0 atom stereocenters. The fourth-order valence-electron chi connectivity index (χ4n) is 2.42. The molecule has 0 aliphatic rings. The van der Waals surface area contributed by atoms with Crippen molar-refractivity contribution < 1.29 is 0 Å².